The smallest absolute Gasteiger partial charge is 0.407 e. The second-order valence-corrected chi connectivity index (χ2v) is 7.80. The molecular formula is C20H36IN5O4. The highest BCUT2D eigenvalue weighted by Crippen LogP contribution is 2.06. The minimum absolute atomic E-state index is 0. The summed E-state index contributed by atoms with van der Waals surface area (Å²) in [7, 11) is 0. The molecule has 0 aliphatic carbocycles. The molecule has 1 aliphatic heterocycles. The van der Waals surface area contributed by atoms with Crippen molar-refractivity contribution in [2.24, 2.45) is 4.99 Å². The lowest BCUT2D eigenvalue weighted by atomic mass is 10.2. The minimum atomic E-state index is -0.503. The Morgan fingerprint density at radius 2 is 1.87 bits per heavy atom. The summed E-state index contributed by atoms with van der Waals surface area (Å²) in [6, 6.07) is 3.84. The van der Waals surface area contributed by atoms with Crippen LogP contribution in [0.5, 0.6) is 0 Å². The van der Waals surface area contributed by atoms with Crippen LogP contribution in [0.15, 0.2) is 27.8 Å². The maximum atomic E-state index is 11.7. The normalized spacial score (nSPS) is 15.2. The summed E-state index contributed by atoms with van der Waals surface area (Å²) in [5.74, 6) is 1.65. The van der Waals surface area contributed by atoms with Gasteiger partial charge in [0.25, 0.3) is 0 Å². The molecule has 3 N–H and O–H groups in total. The van der Waals surface area contributed by atoms with Crippen molar-refractivity contribution in [3.63, 3.8) is 0 Å². The second kappa shape index (κ2) is 14.5. The van der Waals surface area contributed by atoms with Crippen LogP contribution in [0, 0.1) is 0 Å². The zero-order chi connectivity index (χ0) is 21.0. The van der Waals surface area contributed by atoms with Crippen LogP contribution in [0.1, 0.15) is 26.5 Å². The van der Waals surface area contributed by atoms with Crippen molar-refractivity contribution in [1.29, 1.82) is 0 Å². The minimum Gasteiger partial charge on any atom is -0.469 e. The Bertz CT molecular complexity index is 613. The molecule has 1 aromatic heterocycles. The van der Waals surface area contributed by atoms with Crippen molar-refractivity contribution < 1.29 is 18.7 Å². The highest BCUT2D eigenvalue weighted by molar-refractivity contribution is 14.0. The van der Waals surface area contributed by atoms with Crippen molar-refractivity contribution in [1.82, 2.24) is 20.9 Å². The molecule has 0 unspecified atom stereocenters. The molecule has 0 bridgehead atoms. The summed E-state index contributed by atoms with van der Waals surface area (Å²) in [6.07, 6.45) is 2.02. The third-order valence-electron chi connectivity index (χ3n) is 4.12. The first kappa shape index (κ1) is 26.5. The van der Waals surface area contributed by atoms with Gasteiger partial charge in [0.05, 0.1) is 26.0 Å². The van der Waals surface area contributed by atoms with Gasteiger partial charge < -0.3 is 29.8 Å². The number of guanidine groups is 1. The fourth-order valence-corrected chi connectivity index (χ4v) is 2.72. The average Bonchev–Trinajstić information content (AvgIpc) is 3.17. The van der Waals surface area contributed by atoms with E-state index in [1.54, 1.807) is 6.26 Å². The second-order valence-electron chi connectivity index (χ2n) is 7.80. The van der Waals surface area contributed by atoms with Gasteiger partial charge in [0.1, 0.15) is 11.4 Å². The van der Waals surface area contributed by atoms with Crippen molar-refractivity contribution in [3.05, 3.63) is 24.2 Å². The van der Waals surface area contributed by atoms with E-state index in [0.717, 1.165) is 51.0 Å². The van der Waals surface area contributed by atoms with E-state index in [-0.39, 0.29) is 24.0 Å². The molecule has 1 amide bonds. The third kappa shape index (κ3) is 12.2. The first-order valence-corrected chi connectivity index (χ1v) is 10.2. The van der Waals surface area contributed by atoms with Crippen LogP contribution < -0.4 is 16.0 Å². The van der Waals surface area contributed by atoms with E-state index in [4.69, 9.17) is 13.9 Å². The molecule has 1 saturated heterocycles. The Morgan fingerprint density at radius 3 is 2.53 bits per heavy atom. The maximum absolute atomic E-state index is 11.7. The van der Waals surface area contributed by atoms with Crippen molar-refractivity contribution in [3.8, 4) is 0 Å². The summed E-state index contributed by atoms with van der Waals surface area (Å²) in [4.78, 5) is 18.7. The Morgan fingerprint density at radius 1 is 1.17 bits per heavy atom. The van der Waals surface area contributed by atoms with Crippen LogP contribution in [0.4, 0.5) is 4.79 Å². The van der Waals surface area contributed by atoms with Crippen LogP contribution in [0.3, 0.4) is 0 Å². The Labute approximate surface area is 196 Å². The number of morpholine rings is 1. The number of furan rings is 1. The monoisotopic (exact) mass is 537 g/mol. The lowest BCUT2D eigenvalue weighted by Gasteiger charge is -2.25. The number of nitrogens with one attached hydrogen (secondary N) is 3. The predicted molar refractivity (Wildman–Crippen MR) is 128 cm³/mol. The molecule has 0 radical (unpaired) electrons. The number of amides is 1. The van der Waals surface area contributed by atoms with Crippen LogP contribution in [0.25, 0.3) is 0 Å². The van der Waals surface area contributed by atoms with Crippen LogP contribution in [-0.4, -0.2) is 81.6 Å². The molecule has 172 valence electrons. The molecule has 0 atom stereocenters. The number of ether oxygens (including phenoxy) is 2. The molecular weight excluding hydrogens is 501 g/mol. The number of halogens is 1. The number of hydrogen-bond acceptors (Lipinski definition) is 6. The van der Waals surface area contributed by atoms with Crippen LogP contribution >= 0.6 is 24.0 Å². The van der Waals surface area contributed by atoms with Gasteiger partial charge in [0.15, 0.2) is 5.96 Å². The number of carbonyl (C=O) groups excluding carboxylic acids is 1. The lowest BCUT2D eigenvalue weighted by Crippen LogP contribution is -2.43. The van der Waals surface area contributed by atoms with Crippen LogP contribution in [0.2, 0.25) is 0 Å². The van der Waals surface area contributed by atoms with Crippen molar-refractivity contribution in [2.75, 3.05) is 59.0 Å². The van der Waals surface area contributed by atoms with Crippen molar-refractivity contribution >= 4 is 36.0 Å². The van der Waals surface area contributed by atoms with Gasteiger partial charge in [-0.25, -0.2) is 4.79 Å². The number of carbonyl (C=O) groups is 1. The van der Waals surface area contributed by atoms with Gasteiger partial charge in [-0.15, -0.1) is 24.0 Å². The van der Waals surface area contributed by atoms with Gasteiger partial charge in [-0.2, -0.15) is 0 Å². The van der Waals surface area contributed by atoms with E-state index in [0.29, 0.717) is 26.2 Å². The fourth-order valence-electron chi connectivity index (χ4n) is 2.72. The van der Waals surface area contributed by atoms with Gasteiger partial charge in [0, 0.05) is 45.7 Å². The summed E-state index contributed by atoms with van der Waals surface area (Å²) in [5, 5.41) is 9.30. The maximum Gasteiger partial charge on any atom is 0.407 e. The highest BCUT2D eigenvalue weighted by atomic mass is 127. The molecule has 1 aromatic rings. The molecule has 10 heteroatoms. The number of rotatable bonds is 9. The third-order valence-corrected chi connectivity index (χ3v) is 4.12. The fraction of sp³-hybridized carbons (Fsp3) is 0.700. The number of nitrogens with zero attached hydrogens (tertiary/aromatic N) is 2. The topological polar surface area (TPSA) is 100 Å². The van der Waals surface area contributed by atoms with E-state index < -0.39 is 11.7 Å². The quantitative estimate of drug-likeness (QED) is 0.191. The first-order valence-electron chi connectivity index (χ1n) is 10.2. The summed E-state index contributed by atoms with van der Waals surface area (Å²) in [6.45, 7) is 12.3. The zero-order valence-corrected chi connectivity index (χ0v) is 20.6. The Hall–Kier alpha value is -1.53. The molecule has 30 heavy (non-hydrogen) atoms. The standard InChI is InChI=1S/C20H35N5O4.HI/c1-20(2,3)29-19(26)24-9-8-22-18(21-7-6-17-5-4-14-28-17)23-10-11-25-12-15-27-16-13-25;/h4-5,14H,6-13,15-16H2,1-3H3,(H,24,26)(H2,21,22,23);1H. The Kier molecular flexibility index (Phi) is 12.8. The molecule has 0 spiro atoms. The van der Waals surface area contributed by atoms with Gasteiger partial charge >= 0.3 is 6.09 Å². The largest absolute Gasteiger partial charge is 0.469 e. The van der Waals surface area contributed by atoms with E-state index >= 15 is 0 Å². The van der Waals surface area contributed by atoms with E-state index in [1.807, 2.05) is 32.9 Å². The van der Waals surface area contributed by atoms with E-state index in [2.05, 4.69) is 25.8 Å². The molecule has 2 heterocycles. The summed E-state index contributed by atoms with van der Waals surface area (Å²) >= 11 is 0. The van der Waals surface area contributed by atoms with Gasteiger partial charge in [-0.1, -0.05) is 0 Å². The summed E-state index contributed by atoms with van der Waals surface area (Å²) < 4.78 is 16.0. The van der Waals surface area contributed by atoms with Gasteiger partial charge in [-0.05, 0) is 32.9 Å². The van der Waals surface area contributed by atoms with E-state index in [1.165, 1.54) is 0 Å². The van der Waals surface area contributed by atoms with E-state index in [9.17, 15) is 4.79 Å². The highest BCUT2D eigenvalue weighted by Gasteiger charge is 2.15. The predicted octanol–water partition coefficient (Wildman–Crippen LogP) is 1.83. The zero-order valence-electron chi connectivity index (χ0n) is 18.2. The van der Waals surface area contributed by atoms with Crippen LogP contribution in [-0.2, 0) is 15.9 Å². The average molecular weight is 537 g/mol. The molecule has 0 aromatic carbocycles. The number of alkyl carbamates (subject to hydrolysis) is 1. The summed E-state index contributed by atoms with van der Waals surface area (Å²) in [5.41, 5.74) is -0.503. The van der Waals surface area contributed by atoms with Crippen molar-refractivity contribution in [2.45, 2.75) is 32.8 Å². The van der Waals surface area contributed by atoms with Gasteiger partial charge in [0.2, 0.25) is 0 Å². The molecule has 1 fully saturated rings. The molecule has 0 saturated carbocycles. The number of hydrogen-bond donors (Lipinski definition) is 3. The number of aliphatic imine (C=N–C) groups is 1. The molecule has 1 aliphatic rings. The Balaban J connectivity index is 0.00000450. The molecule has 9 nitrogen and oxygen atoms in total. The molecule has 2 rings (SSSR count). The van der Waals surface area contributed by atoms with Gasteiger partial charge in [-0.3, -0.25) is 9.89 Å². The first-order chi connectivity index (χ1) is 13.9. The SMILES string of the molecule is CC(C)(C)OC(=O)NCCNC(=NCCN1CCOCC1)NCCc1ccco1.I. The lowest BCUT2D eigenvalue weighted by molar-refractivity contribution is 0.0394.